The first kappa shape index (κ1) is 29.3. The molecule has 3 amide bonds. The number of carbonyl (C=O) groups excluding carboxylic acids is 4. The zero-order chi connectivity index (χ0) is 28.6. The first-order valence-electron chi connectivity index (χ1n) is 12.8. The Labute approximate surface area is 225 Å². The number of nitrogens with one attached hydrogen (secondary N) is 4. The van der Waals surface area contributed by atoms with Gasteiger partial charge in [0, 0.05) is 17.8 Å². The number of rotatable bonds is 13. The lowest BCUT2D eigenvalue weighted by Crippen LogP contribution is -2.53. The first-order valence-corrected chi connectivity index (χ1v) is 12.8. The van der Waals surface area contributed by atoms with Crippen molar-refractivity contribution in [2.45, 2.75) is 76.6 Å². The number of nitrogens with two attached hydrogens (primary N) is 1. The molecule has 6 N–H and O–H groups in total. The summed E-state index contributed by atoms with van der Waals surface area (Å²) < 4.78 is 6.22. The van der Waals surface area contributed by atoms with Crippen molar-refractivity contribution in [1.29, 1.82) is 5.41 Å². The average molecular weight is 542 g/mol. The Balaban J connectivity index is 1.67. The van der Waals surface area contributed by atoms with Crippen LogP contribution in [0.1, 0.15) is 52.4 Å². The third-order valence-corrected chi connectivity index (χ3v) is 6.74. The number of hydrazone groups is 1. The van der Waals surface area contributed by atoms with Crippen LogP contribution in [0, 0.1) is 11.3 Å². The molecular weight excluding hydrogens is 506 g/mol. The first-order chi connectivity index (χ1) is 18.6. The lowest BCUT2D eigenvalue weighted by Gasteiger charge is -2.39. The van der Waals surface area contributed by atoms with Gasteiger partial charge in [0.05, 0.1) is 12.3 Å². The number of fused-ring (bicyclic) bond motifs is 1. The van der Waals surface area contributed by atoms with Gasteiger partial charge in [-0.15, -0.1) is 0 Å². The molecule has 1 atom stereocenters. The monoisotopic (exact) mass is 541 g/mol. The molecule has 3 saturated carbocycles. The van der Waals surface area contributed by atoms with E-state index in [0.717, 1.165) is 25.7 Å². The van der Waals surface area contributed by atoms with Crippen molar-refractivity contribution < 1.29 is 23.9 Å². The fourth-order valence-electron chi connectivity index (χ4n) is 4.94. The van der Waals surface area contributed by atoms with Crippen LogP contribution < -0.4 is 27.4 Å². The Morgan fingerprint density at radius 3 is 2.67 bits per heavy atom. The molecule has 1 aromatic heterocycles. The van der Waals surface area contributed by atoms with Crippen LogP contribution in [0.4, 0.5) is 5.69 Å². The molecule has 3 fully saturated rings. The van der Waals surface area contributed by atoms with Gasteiger partial charge in [0.15, 0.2) is 5.71 Å². The summed E-state index contributed by atoms with van der Waals surface area (Å²) in [5, 5.41) is 18.5. The second-order valence-corrected chi connectivity index (χ2v) is 10.1. The molecule has 1 heterocycles. The SMILES string of the molecule is CC(C)OC(=O)/C=C/CCC(NC(=O)/C(C=N)=N/N)C(=O)Nc1cccn(CC(=O)NC23CCC(C2)C3)c1=O. The van der Waals surface area contributed by atoms with Crippen LogP contribution in [0.25, 0.3) is 0 Å². The predicted octanol–water partition coefficient (Wildman–Crippen LogP) is 0.583. The summed E-state index contributed by atoms with van der Waals surface area (Å²) >= 11 is 0. The zero-order valence-electron chi connectivity index (χ0n) is 22.1. The minimum absolute atomic E-state index is 0.0470. The Bertz CT molecular complexity index is 1220. The molecule has 39 heavy (non-hydrogen) atoms. The van der Waals surface area contributed by atoms with Crippen molar-refractivity contribution in [1.82, 2.24) is 15.2 Å². The molecule has 1 unspecified atom stereocenters. The van der Waals surface area contributed by atoms with E-state index in [0.29, 0.717) is 12.1 Å². The number of hydrogen-bond acceptors (Lipinski definition) is 9. The number of nitrogens with zero attached hydrogens (tertiary/aromatic N) is 2. The molecule has 3 aliphatic rings. The smallest absolute Gasteiger partial charge is 0.330 e. The second-order valence-electron chi connectivity index (χ2n) is 10.1. The molecule has 4 rings (SSSR count). The van der Waals surface area contributed by atoms with E-state index in [1.54, 1.807) is 13.8 Å². The number of ether oxygens (including phenoxy) is 1. The lowest BCUT2D eigenvalue weighted by atomic mass is 9.77. The summed E-state index contributed by atoms with van der Waals surface area (Å²) in [5.41, 5.74) is -1.21. The van der Waals surface area contributed by atoms with Crippen LogP contribution in [-0.4, -0.2) is 57.9 Å². The van der Waals surface area contributed by atoms with Gasteiger partial charge in [-0.2, -0.15) is 5.10 Å². The predicted molar refractivity (Wildman–Crippen MR) is 144 cm³/mol. The molecule has 210 valence electrons. The molecule has 0 spiro atoms. The highest BCUT2D eigenvalue weighted by Crippen LogP contribution is 2.51. The van der Waals surface area contributed by atoms with E-state index in [9.17, 15) is 24.0 Å². The van der Waals surface area contributed by atoms with Gasteiger partial charge in [-0.3, -0.25) is 19.2 Å². The van der Waals surface area contributed by atoms with Crippen LogP contribution >= 0.6 is 0 Å². The van der Waals surface area contributed by atoms with Gasteiger partial charge in [-0.1, -0.05) is 6.08 Å². The van der Waals surface area contributed by atoms with Crippen molar-refractivity contribution in [2.75, 3.05) is 5.32 Å². The molecule has 2 bridgehead atoms. The van der Waals surface area contributed by atoms with E-state index in [2.05, 4.69) is 21.1 Å². The van der Waals surface area contributed by atoms with Crippen LogP contribution in [0.3, 0.4) is 0 Å². The molecule has 0 saturated heterocycles. The van der Waals surface area contributed by atoms with Crippen molar-refractivity contribution >= 4 is 41.3 Å². The number of pyridine rings is 1. The van der Waals surface area contributed by atoms with Crippen LogP contribution in [0.15, 0.2) is 40.4 Å². The second kappa shape index (κ2) is 13.0. The van der Waals surface area contributed by atoms with Gasteiger partial charge in [0.25, 0.3) is 11.5 Å². The zero-order valence-corrected chi connectivity index (χ0v) is 22.1. The van der Waals surface area contributed by atoms with Crippen molar-refractivity contribution in [3.8, 4) is 0 Å². The van der Waals surface area contributed by atoms with E-state index in [-0.39, 0.29) is 42.6 Å². The summed E-state index contributed by atoms with van der Waals surface area (Å²) in [6.07, 6.45) is 8.77. The minimum Gasteiger partial charge on any atom is -0.460 e. The van der Waals surface area contributed by atoms with Gasteiger partial charge >= 0.3 is 5.97 Å². The molecule has 3 aliphatic carbocycles. The van der Waals surface area contributed by atoms with Crippen molar-refractivity contribution in [3.05, 3.63) is 40.8 Å². The van der Waals surface area contributed by atoms with E-state index < -0.39 is 35.1 Å². The Hall–Kier alpha value is -4.29. The number of carbonyl (C=O) groups is 4. The van der Waals surface area contributed by atoms with Gasteiger partial charge in [-0.05, 0) is 70.4 Å². The summed E-state index contributed by atoms with van der Waals surface area (Å²) in [6.45, 7) is 3.23. The lowest BCUT2D eigenvalue weighted by molar-refractivity contribution is -0.141. The fourth-order valence-corrected chi connectivity index (χ4v) is 4.94. The fraction of sp³-hybridized carbons (Fsp3) is 0.500. The number of amides is 3. The van der Waals surface area contributed by atoms with Gasteiger partial charge in [0.1, 0.15) is 18.3 Å². The normalized spacial score (nSPS) is 20.7. The topological polar surface area (TPSA) is 198 Å². The molecule has 0 radical (unpaired) electrons. The number of allylic oxidation sites excluding steroid dienone is 1. The molecule has 0 aromatic carbocycles. The number of esters is 1. The van der Waals surface area contributed by atoms with Crippen LogP contribution in [0.5, 0.6) is 0 Å². The van der Waals surface area contributed by atoms with Crippen LogP contribution in [0.2, 0.25) is 0 Å². The Morgan fingerprint density at radius 1 is 1.31 bits per heavy atom. The summed E-state index contributed by atoms with van der Waals surface area (Å²) in [4.78, 5) is 62.8. The third kappa shape index (κ3) is 7.85. The molecule has 1 aromatic rings. The van der Waals surface area contributed by atoms with Gasteiger partial charge < -0.3 is 36.5 Å². The summed E-state index contributed by atoms with van der Waals surface area (Å²) in [6, 6.07) is 1.76. The van der Waals surface area contributed by atoms with E-state index >= 15 is 0 Å². The van der Waals surface area contributed by atoms with Gasteiger partial charge in [-0.25, -0.2) is 4.79 Å². The Morgan fingerprint density at radius 2 is 2.05 bits per heavy atom. The standard InChI is InChI=1S/C26H35N7O6/c1-16(2)39-22(35)8-4-3-6-18(29-24(37)20(14-27)32-28)23(36)30-19-7-5-11-33(25(19)38)15-21(34)31-26-10-9-17(12-26)13-26/h4-5,7-8,11,14,16-18,27H,3,6,9-10,12-13,15,28H2,1-2H3,(H,29,37)(H,30,36)(H,31,34)/b8-4+,27-14?,32-20+. The highest BCUT2D eigenvalue weighted by molar-refractivity contribution is 6.60. The van der Waals surface area contributed by atoms with Crippen molar-refractivity contribution in [3.63, 3.8) is 0 Å². The minimum atomic E-state index is -1.16. The quantitative estimate of drug-likeness (QED) is 0.0791. The highest BCUT2D eigenvalue weighted by atomic mass is 16.5. The summed E-state index contributed by atoms with van der Waals surface area (Å²) in [5.74, 6) is 3.42. The highest BCUT2D eigenvalue weighted by Gasteiger charge is 2.50. The maximum absolute atomic E-state index is 13.1. The third-order valence-electron chi connectivity index (χ3n) is 6.74. The maximum atomic E-state index is 13.1. The molecule has 0 aliphatic heterocycles. The van der Waals surface area contributed by atoms with Gasteiger partial charge in [0.2, 0.25) is 11.8 Å². The molecular formula is C26H35N7O6. The van der Waals surface area contributed by atoms with Crippen LogP contribution in [-0.2, 0) is 30.5 Å². The van der Waals surface area contributed by atoms with E-state index in [4.69, 9.17) is 16.0 Å². The maximum Gasteiger partial charge on any atom is 0.330 e. The largest absolute Gasteiger partial charge is 0.460 e. The van der Waals surface area contributed by atoms with E-state index in [1.165, 1.54) is 35.0 Å². The summed E-state index contributed by atoms with van der Waals surface area (Å²) in [7, 11) is 0. The van der Waals surface area contributed by atoms with E-state index in [1.807, 2.05) is 0 Å². The molecule has 13 heteroatoms. The van der Waals surface area contributed by atoms with Crippen molar-refractivity contribution in [2.24, 2.45) is 16.9 Å². The molecule has 13 nitrogen and oxygen atoms in total. The Kier molecular flexibility index (Phi) is 9.74. The average Bonchev–Trinajstić information content (AvgIpc) is 3.44. The number of aromatic nitrogens is 1. The number of anilines is 1. The number of hydrogen-bond donors (Lipinski definition) is 5.